The van der Waals surface area contributed by atoms with Gasteiger partial charge in [0.15, 0.2) is 0 Å². The van der Waals surface area contributed by atoms with Crippen molar-refractivity contribution in [3.05, 3.63) is 35.4 Å². The van der Waals surface area contributed by atoms with Crippen LogP contribution in [0.2, 0.25) is 0 Å². The summed E-state index contributed by atoms with van der Waals surface area (Å²) in [5, 5.41) is 19.5. The molecular weight excluding hydrogens is 377 g/mol. The summed E-state index contributed by atoms with van der Waals surface area (Å²) in [5.41, 5.74) is 0.289. The molecule has 0 bridgehead atoms. The molecule has 1 aliphatic rings. The largest absolute Gasteiger partial charge is 0.507 e. The second-order valence-electron chi connectivity index (χ2n) is 7.28. The van der Waals surface area contributed by atoms with E-state index in [9.17, 15) is 18.3 Å². The van der Waals surface area contributed by atoms with Crippen molar-refractivity contribution in [1.29, 1.82) is 0 Å². The Morgan fingerprint density at radius 3 is 2.56 bits per heavy atom. The summed E-state index contributed by atoms with van der Waals surface area (Å²) in [6, 6.07) is 4.72. The van der Waals surface area contributed by atoms with Crippen LogP contribution in [-0.2, 0) is 10.9 Å². The van der Waals surface area contributed by atoms with E-state index in [4.69, 9.17) is 4.74 Å². The second-order valence-corrected chi connectivity index (χ2v) is 8.61. The fourth-order valence-corrected chi connectivity index (χ4v) is 4.51. The van der Waals surface area contributed by atoms with Crippen LogP contribution in [0.3, 0.4) is 0 Å². The molecule has 1 aliphatic heterocycles. The normalized spacial score (nSPS) is 19.9. The van der Waals surface area contributed by atoms with Crippen LogP contribution in [-0.4, -0.2) is 32.8 Å². The maximum Gasteiger partial charge on any atom is 0.416 e. The lowest BCUT2D eigenvalue weighted by atomic mass is 9.98. The molecule has 2 heterocycles. The number of phenols is 1. The number of hydrogen-bond acceptors (Lipinski definition) is 5. The molecular formula is C19H21F3N2O2S. The number of rotatable bonds is 3. The summed E-state index contributed by atoms with van der Waals surface area (Å²) in [5.74, 6) is -0.464. The molecule has 4 nitrogen and oxygen atoms in total. The molecule has 1 fully saturated rings. The minimum Gasteiger partial charge on any atom is -0.507 e. The van der Waals surface area contributed by atoms with Crippen molar-refractivity contribution < 1.29 is 23.0 Å². The van der Waals surface area contributed by atoms with E-state index in [0.29, 0.717) is 23.6 Å². The van der Waals surface area contributed by atoms with E-state index in [1.54, 1.807) is 18.7 Å². The van der Waals surface area contributed by atoms with Crippen LogP contribution in [0.4, 0.5) is 13.2 Å². The van der Waals surface area contributed by atoms with Gasteiger partial charge < -0.3 is 9.84 Å². The Kier molecular flexibility index (Phi) is 5.40. The lowest BCUT2D eigenvalue weighted by Crippen LogP contribution is -2.35. The van der Waals surface area contributed by atoms with Crippen LogP contribution in [0.15, 0.2) is 29.3 Å². The molecule has 2 aromatic rings. The predicted molar refractivity (Wildman–Crippen MR) is 97.8 cm³/mol. The molecule has 8 heteroatoms. The number of alkyl halides is 3. The van der Waals surface area contributed by atoms with Crippen molar-refractivity contribution in [2.75, 3.05) is 6.61 Å². The molecule has 0 spiro atoms. The van der Waals surface area contributed by atoms with Gasteiger partial charge in [0.25, 0.3) is 0 Å². The highest BCUT2D eigenvalue weighted by molar-refractivity contribution is 7.99. The zero-order valence-electron chi connectivity index (χ0n) is 15.3. The first-order valence-electron chi connectivity index (χ1n) is 8.61. The Labute approximate surface area is 160 Å². The molecule has 3 rings (SSSR count). The molecule has 1 saturated heterocycles. The van der Waals surface area contributed by atoms with Crippen LogP contribution < -0.4 is 0 Å². The molecule has 27 heavy (non-hydrogen) atoms. The molecule has 1 unspecified atom stereocenters. The van der Waals surface area contributed by atoms with E-state index in [0.717, 1.165) is 29.5 Å². The number of halogens is 3. The van der Waals surface area contributed by atoms with E-state index in [2.05, 4.69) is 24.0 Å². The van der Waals surface area contributed by atoms with Gasteiger partial charge in [-0.05, 0) is 63.4 Å². The fourth-order valence-electron chi connectivity index (χ4n) is 3.14. The van der Waals surface area contributed by atoms with Gasteiger partial charge in [-0.15, -0.1) is 22.0 Å². The fraction of sp³-hybridized carbons (Fsp3) is 0.474. The number of phenolic OH excluding ortho intramolecular Hbond substituents is 1. The Hall–Kier alpha value is -1.80. The smallest absolute Gasteiger partial charge is 0.416 e. The van der Waals surface area contributed by atoms with Crippen molar-refractivity contribution in [1.82, 2.24) is 10.2 Å². The average Bonchev–Trinajstić information content (AvgIpc) is 2.54. The summed E-state index contributed by atoms with van der Waals surface area (Å²) in [7, 11) is 0. The van der Waals surface area contributed by atoms with Gasteiger partial charge in [-0.2, -0.15) is 13.2 Å². The maximum atomic E-state index is 12.8. The Morgan fingerprint density at radius 1 is 1.22 bits per heavy atom. The van der Waals surface area contributed by atoms with Crippen LogP contribution in [0, 0.1) is 6.92 Å². The SMILES string of the molecule is Cc1cc(SC2CCOC(C)(C)C2)nnc1-c1ccc(C(F)(F)F)cc1O. The van der Waals surface area contributed by atoms with Crippen LogP contribution in [0.1, 0.15) is 37.8 Å². The minimum absolute atomic E-state index is 0.162. The topological polar surface area (TPSA) is 55.2 Å². The lowest BCUT2D eigenvalue weighted by molar-refractivity contribution is -0.137. The first kappa shape index (κ1) is 19.9. The highest BCUT2D eigenvalue weighted by Gasteiger charge is 2.32. The molecule has 146 valence electrons. The number of benzene rings is 1. The minimum atomic E-state index is -4.51. The summed E-state index contributed by atoms with van der Waals surface area (Å²) in [6.45, 7) is 6.63. The first-order valence-corrected chi connectivity index (χ1v) is 9.49. The Bertz CT molecular complexity index is 840. The third kappa shape index (κ3) is 4.73. The molecule has 1 atom stereocenters. The zero-order valence-corrected chi connectivity index (χ0v) is 16.1. The third-order valence-corrected chi connectivity index (χ3v) is 5.66. The van der Waals surface area contributed by atoms with Crippen molar-refractivity contribution in [2.24, 2.45) is 0 Å². The van der Waals surface area contributed by atoms with Crippen molar-refractivity contribution in [3.8, 4) is 17.0 Å². The van der Waals surface area contributed by atoms with Gasteiger partial charge in [0.05, 0.1) is 16.9 Å². The van der Waals surface area contributed by atoms with Gasteiger partial charge in [0.1, 0.15) is 10.8 Å². The molecule has 0 saturated carbocycles. The summed E-state index contributed by atoms with van der Waals surface area (Å²) in [4.78, 5) is 0. The van der Waals surface area contributed by atoms with Crippen LogP contribution in [0.25, 0.3) is 11.3 Å². The van der Waals surface area contributed by atoms with Gasteiger partial charge in [-0.25, -0.2) is 0 Å². The number of ether oxygens (including phenoxy) is 1. The van der Waals surface area contributed by atoms with E-state index < -0.39 is 17.5 Å². The highest BCUT2D eigenvalue weighted by Crippen LogP contribution is 2.38. The summed E-state index contributed by atoms with van der Waals surface area (Å²) < 4.78 is 44.0. The molecule has 0 aliphatic carbocycles. The molecule has 1 aromatic heterocycles. The number of nitrogens with zero attached hydrogens (tertiary/aromatic N) is 2. The van der Waals surface area contributed by atoms with E-state index in [1.165, 1.54) is 6.07 Å². The maximum absolute atomic E-state index is 12.8. The molecule has 1 aromatic carbocycles. The Balaban J connectivity index is 1.81. The van der Waals surface area contributed by atoms with E-state index in [1.807, 2.05) is 6.07 Å². The lowest BCUT2D eigenvalue weighted by Gasteiger charge is -2.34. The standard InChI is InChI=1S/C19H21F3N2O2S/c1-11-8-16(27-13-6-7-26-18(2,3)10-13)23-24-17(11)14-5-4-12(9-15(14)25)19(20,21)22/h4-5,8-9,13,25H,6-7,10H2,1-3H3. The quantitative estimate of drug-likeness (QED) is 0.768. The van der Waals surface area contributed by atoms with Gasteiger partial charge >= 0.3 is 6.18 Å². The second kappa shape index (κ2) is 7.31. The molecule has 1 N–H and O–H groups in total. The van der Waals surface area contributed by atoms with E-state index in [-0.39, 0.29) is 11.2 Å². The van der Waals surface area contributed by atoms with Gasteiger partial charge in [0, 0.05) is 17.4 Å². The first-order chi connectivity index (χ1) is 12.5. The highest BCUT2D eigenvalue weighted by atomic mass is 32.2. The van der Waals surface area contributed by atoms with Gasteiger partial charge in [-0.1, -0.05) is 0 Å². The van der Waals surface area contributed by atoms with Crippen molar-refractivity contribution >= 4 is 11.8 Å². The van der Waals surface area contributed by atoms with Crippen molar-refractivity contribution in [3.63, 3.8) is 0 Å². The number of hydrogen-bond donors (Lipinski definition) is 1. The number of aromatic nitrogens is 2. The average molecular weight is 398 g/mol. The monoisotopic (exact) mass is 398 g/mol. The summed E-state index contributed by atoms with van der Waals surface area (Å²) in [6.07, 6.45) is -2.68. The van der Waals surface area contributed by atoms with Crippen molar-refractivity contribution in [2.45, 2.75) is 55.7 Å². The molecule has 0 amide bonds. The number of aryl methyl sites for hydroxylation is 1. The number of aromatic hydroxyl groups is 1. The predicted octanol–water partition coefficient (Wildman–Crippen LogP) is 5.23. The van der Waals surface area contributed by atoms with Crippen LogP contribution in [0.5, 0.6) is 5.75 Å². The zero-order chi connectivity index (χ0) is 19.8. The third-order valence-electron chi connectivity index (χ3n) is 4.48. The van der Waals surface area contributed by atoms with Gasteiger partial charge in [0.2, 0.25) is 0 Å². The van der Waals surface area contributed by atoms with Crippen LogP contribution >= 0.6 is 11.8 Å². The van der Waals surface area contributed by atoms with E-state index >= 15 is 0 Å². The number of thioether (sulfide) groups is 1. The molecule has 0 radical (unpaired) electrons. The Morgan fingerprint density at radius 2 is 1.96 bits per heavy atom. The van der Waals surface area contributed by atoms with Gasteiger partial charge in [-0.3, -0.25) is 0 Å². The summed E-state index contributed by atoms with van der Waals surface area (Å²) >= 11 is 1.63.